The molecule has 68 valence electrons. The molecule has 0 N–H and O–H groups in total. The molecule has 2 atom stereocenters. The molecule has 0 aromatic heterocycles. The molecule has 0 radical (unpaired) electrons. The van der Waals surface area contributed by atoms with Crippen LogP contribution in [-0.4, -0.2) is 15.0 Å². The summed E-state index contributed by atoms with van der Waals surface area (Å²) in [6, 6.07) is 0. The number of alkyl halides is 5. The predicted molar refractivity (Wildman–Crippen MR) is 50.7 cm³/mol. The zero-order valence-electron chi connectivity index (χ0n) is 5.78. The van der Waals surface area contributed by atoms with E-state index >= 15 is 0 Å². The highest BCUT2D eigenvalue weighted by Crippen LogP contribution is 2.45. The number of rotatable bonds is 0. The Kier molecular flexibility index (Phi) is 2.78. The highest BCUT2D eigenvalue weighted by Gasteiger charge is 2.55. The van der Waals surface area contributed by atoms with E-state index in [9.17, 15) is 13.2 Å². The summed E-state index contributed by atoms with van der Waals surface area (Å²) in [5, 5.41) is -1.02. The van der Waals surface area contributed by atoms with Gasteiger partial charge < -0.3 is 0 Å². The highest BCUT2D eigenvalue weighted by molar-refractivity contribution is 14.1. The lowest BCUT2D eigenvalue weighted by atomic mass is 10.00. The quantitative estimate of drug-likeness (QED) is 0.475. The van der Waals surface area contributed by atoms with Crippen LogP contribution in [-0.2, 0) is 0 Å². The fourth-order valence-electron chi connectivity index (χ4n) is 0.840. The summed E-state index contributed by atoms with van der Waals surface area (Å²) < 4.78 is 35.2. The molecule has 0 bridgehead atoms. The molecule has 0 aromatic carbocycles. The maximum atomic E-state index is 12.4. The lowest BCUT2D eigenvalue weighted by molar-refractivity contribution is -0.141. The zero-order valence-corrected chi connectivity index (χ0v) is 8.69. The summed E-state index contributed by atoms with van der Waals surface area (Å²) in [5.41, 5.74) is 0. The summed E-state index contributed by atoms with van der Waals surface area (Å²) >= 11 is 6.87. The monoisotopic (exact) mass is 308 g/mol. The Hall–Kier alpha value is 0.290. The molecule has 0 fully saturated rings. The Morgan fingerprint density at radius 3 is 2.25 bits per heavy atom. The molecule has 0 amide bonds. The van der Waals surface area contributed by atoms with E-state index in [2.05, 4.69) is 0 Å². The van der Waals surface area contributed by atoms with Crippen LogP contribution in [0.25, 0.3) is 0 Å². The minimum absolute atomic E-state index is 1.02. The lowest BCUT2D eigenvalue weighted by Crippen LogP contribution is -2.45. The van der Waals surface area contributed by atoms with Gasteiger partial charge in [-0.15, -0.1) is 11.6 Å². The second-order valence-corrected chi connectivity index (χ2v) is 4.67. The Labute approximate surface area is 86.6 Å². The molecular weight excluding hydrogens is 303 g/mol. The molecule has 1 rings (SSSR count). The molecule has 0 heterocycles. The van der Waals surface area contributed by atoms with Gasteiger partial charge >= 0.3 is 6.18 Å². The van der Waals surface area contributed by atoms with Crippen molar-refractivity contribution in [1.29, 1.82) is 0 Å². The summed E-state index contributed by atoms with van der Waals surface area (Å²) in [7, 11) is 0. The van der Waals surface area contributed by atoms with E-state index in [1.54, 1.807) is 0 Å². The molecule has 12 heavy (non-hydrogen) atoms. The van der Waals surface area contributed by atoms with E-state index in [1.807, 2.05) is 0 Å². The molecule has 0 nitrogen and oxygen atoms in total. The highest BCUT2D eigenvalue weighted by atomic mass is 127. The Balaban J connectivity index is 2.99. The van der Waals surface area contributed by atoms with Gasteiger partial charge in [-0.1, -0.05) is 46.9 Å². The second-order valence-electron chi connectivity index (χ2n) is 2.41. The summed E-state index contributed by atoms with van der Waals surface area (Å²) in [6.07, 6.45) is 0.979. The van der Waals surface area contributed by atoms with Crippen LogP contribution in [0.3, 0.4) is 0 Å². The number of hydrogen-bond donors (Lipinski definition) is 0. The van der Waals surface area contributed by atoms with Gasteiger partial charge in [-0.3, -0.25) is 0 Å². The van der Waals surface area contributed by atoms with Crippen LogP contribution >= 0.6 is 34.2 Å². The first-order valence-electron chi connectivity index (χ1n) is 3.13. The third-order valence-corrected chi connectivity index (χ3v) is 4.07. The van der Waals surface area contributed by atoms with Gasteiger partial charge in [0.25, 0.3) is 0 Å². The third kappa shape index (κ3) is 1.64. The fourth-order valence-corrected chi connectivity index (χ4v) is 1.54. The van der Waals surface area contributed by atoms with Crippen LogP contribution in [0.15, 0.2) is 24.3 Å². The SMILES string of the molecule is FC(F)(F)C1(I)C=CC=CC1Cl. The maximum absolute atomic E-state index is 12.4. The first-order valence-corrected chi connectivity index (χ1v) is 4.65. The van der Waals surface area contributed by atoms with Gasteiger partial charge in [0.15, 0.2) is 3.42 Å². The van der Waals surface area contributed by atoms with Crippen LogP contribution < -0.4 is 0 Å². The average Bonchev–Trinajstić information content (AvgIpc) is 1.93. The molecule has 0 saturated heterocycles. The zero-order chi connectivity index (χ0) is 9.41. The first kappa shape index (κ1) is 10.4. The van der Waals surface area contributed by atoms with Gasteiger partial charge in [0, 0.05) is 0 Å². The van der Waals surface area contributed by atoms with Gasteiger partial charge in [-0.25, -0.2) is 0 Å². The van der Waals surface area contributed by atoms with Gasteiger partial charge in [0.05, 0.1) is 5.38 Å². The van der Waals surface area contributed by atoms with Gasteiger partial charge in [0.1, 0.15) is 0 Å². The standard InChI is InChI=1S/C7H5ClF3I/c8-5-3-1-2-4-6(5,12)7(9,10)11/h1-5H. The van der Waals surface area contributed by atoms with Crippen molar-refractivity contribution in [2.45, 2.75) is 15.0 Å². The molecule has 0 aromatic rings. The first-order chi connectivity index (χ1) is 5.38. The number of hydrogen-bond acceptors (Lipinski definition) is 0. The van der Waals surface area contributed by atoms with E-state index in [4.69, 9.17) is 11.6 Å². The molecule has 0 aliphatic heterocycles. The van der Waals surface area contributed by atoms with Crippen molar-refractivity contribution in [3.05, 3.63) is 24.3 Å². The molecule has 2 unspecified atom stereocenters. The van der Waals surface area contributed by atoms with Crippen molar-refractivity contribution in [3.8, 4) is 0 Å². The third-order valence-electron chi connectivity index (χ3n) is 1.57. The smallest absolute Gasteiger partial charge is 0.169 e. The maximum Gasteiger partial charge on any atom is 0.408 e. The van der Waals surface area contributed by atoms with E-state index in [-0.39, 0.29) is 0 Å². The normalized spacial score (nSPS) is 35.6. The van der Waals surface area contributed by atoms with E-state index in [0.29, 0.717) is 0 Å². The van der Waals surface area contributed by atoms with Crippen molar-refractivity contribution < 1.29 is 13.2 Å². The van der Waals surface area contributed by atoms with Crippen LogP contribution in [0.1, 0.15) is 0 Å². The van der Waals surface area contributed by atoms with Gasteiger partial charge in [0.2, 0.25) is 0 Å². The molecule has 0 spiro atoms. The Morgan fingerprint density at radius 1 is 1.33 bits per heavy atom. The molecular formula is C7H5ClF3I. The Bertz CT molecular complexity index is 233. The number of halogens is 5. The fraction of sp³-hybridized carbons (Fsp3) is 0.429. The van der Waals surface area contributed by atoms with Crippen LogP contribution in [0.2, 0.25) is 0 Å². The van der Waals surface area contributed by atoms with Crippen molar-refractivity contribution in [2.24, 2.45) is 0 Å². The van der Waals surface area contributed by atoms with Crippen molar-refractivity contribution >= 4 is 34.2 Å². The van der Waals surface area contributed by atoms with Crippen LogP contribution in [0, 0.1) is 0 Å². The van der Waals surface area contributed by atoms with Crippen molar-refractivity contribution in [3.63, 3.8) is 0 Å². The average molecular weight is 308 g/mol. The Morgan fingerprint density at radius 2 is 1.92 bits per heavy atom. The minimum Gasteiger partial charge on any atom is -0.169 e. The molecule has 5 heteroatoms. The van der Waals surface area contributed by atoms with Crippen molar-refractivity contribution in [2.75, 3.05) is 0 Å². The van der Waals surface area contributed by atoms with E-state index in [0.717, 1.165) is 6.08 Å². The van der Waals surface area contributed by atoms with Gasteiger partial charge in [-0.2, -0.15) is 13.2 Å². The lowest BCUT2D eigenvalue weighted by Gasteiger charge is -2.31. The molecule has 0 saturated carbocycles. The van der Waals surface area contributed by atoms with E-state index < -0.39 is 15.0 Å². The summed E-state index contributed by atoms with van der Waals surface area (Å²) in [4.78, 5) is 0. The topological polar surface area (TPSA) is 0 Å². The van der Waals surface area contributed by atoms with Crippen LogP contribution in [0.4, 0.5) is 13.2 Å². The number of allylic oxidation sites excluding steroid dienone is 4. The minimum atomic E-state index is -4.30. The second kappa shape index (κ2) is 3.21. The molecule has 1 aliphatic carbocycles. The molecule has 1 aliphatic rings. The predicted octanol–water partition coefficient (Wildman–Crippen LogP) is 3.46. The van der Waals surface area contributed by atoms with E-state index in [1.165, 1.54) is 40.8 Å². The van der Waals surface area contributed by atoms with Gasteiger partial charge in [-0.05, 0) is 0 Å². The largest absolute Gasteiger partial charge is 0.408 e. The summed E-state index contributed by atoms with van der Waals surface area (Å²) in [5.74, 6) is 0. The summed E-state index contributed by atoms with van der Waals surface area (Å²) in [6.45, 7) is 0. The van der Waals surface area contributed by atoms with Crippen LogP contribution in [0.5, 0.6) is 0 Å². The van der Waals surface area contributed by atoms with Crippen molar-refractivity contribution in [1.82, 2.24) is 0 Å².